The van der Waals surface area contributed by atoms with Gasteiger partial charge in [-0.3, -0.25) is 0 Å². The molecule has 1 saturated heterocycles. The van der Waals surface area contributed by atoms with Gasteiger partial charge >= 0.3 is 5.97 Å². The van der Waals surface area contributed by atoms with Gasteiger partial charge in [0.2, 0.25) is 0 Å². The highest BCUT2D eigenvalue weighted by Gasteiger charge is 2.29. The molecular weight excluding hydrogens is 242 g/mol. The number of anilines is 1. The quantitative estimate of drug-likeness (QED) is 0.911. The van der Waals surface area contributed by atoms with Crippen molar-refractivity contribution in [3.05, 3.63) is 29.3 Å². The number of carboxylic acid groups (broad SMARTS) is 1. The van der Waals surface area contributed by atoms with E-state index < -0.39 is 5.97 Å². The van der Waals surface area contributed by atoms with Crippen LogP contribution in [-0.4, -0.2) is 36.4 Å². The van der Waals surface area contributed by atoms with E-state index in [0.29, 0.717) is 12.2 Å². The van der Waals surface area contributed by atoms with Gasteiger partial charge in [-0.25, -0.2) is 4.79 Å². The highest BCUT2D eigenvalue weighted by molar-refractivity contribution is 5.95. The summed E-state index contributed by atoms with van der Waals surface area (Å²) in [5.41, 5.74) is 2.23. The SMILES string of the molecule is CCC1COC(C)CN1c1c(C)cccc1C(=O)O. The zero-order chi connectivity index (χ0) is 14.0. The number of para-hydroxylation sites is 1. The molecule has 1 N–H and O–H groups in total. The van der Waals surface area contributed by atoms with Gasteiger partial charge in [0.05, 0.1) is 30.0 Å². The van der Waals surface area contributed by atoms with Gasteiger partial charge < -0.3 is 14.7 Å². The number of hydrogen-bond acceptors (Lipinski definition) is 3. The molecule has 0 spiro atoms. The van der Waals surface area contributed by atoms with Crippen LogP contribution in [0.5, 0.6) is 0 Å². The van der Waals surface area contributed by atoms with E-state index in [1.165, 1.54) is 0 Å². The number of rotatable bonds is 3. The molecule has 4 nitrogen and oxygen atoms in total. The van der Waals surface area contributed by atoms with Crippen molar-refractivity contribution in [2.45, 2.75) is 39.3 Å². The Morgan fingerprint density at radius 1 is 1.53 bits per heavy atom. The highest BCUT2D eigenvalue weighted by atomic mass is 16.5. The van der Waals surface area contributed by atoms with E-state index in [0.717, 1.165) is 24.2 Å². The van der Waals surface area contributed by atoms with Gasteiger partial charge in [-0.15, -0.1) is 0 Å². The van der Waals surface area contributed by atoms with Crippen LogP contribution in [0, 0.1) is 6.92 Å². The van der Waals surface area contributed by atoms with Crippen molar-refractivity contribution in [3.63, 3.8) is 0 Å². The molecule has 0 amide bonds. The van der Waals surface area contributed by atoms with Crippen molar-refractivity contribution in [1.82, 2.24) is 0 Å². The van der Waals surface area contributed by atoms with Crippen LogP contribution in [0.15, 0.2) is 18.2 Å². The second-order valence-corrected chi connectivity index (χ2v) is 5.13. The van der Waals surface area contributed by atoms with Gasteiger partial charge in [0.25, 0.3) is 0 Å². The molecule has 2 rings (SSSR count). The minimum Gasteiger partial charge on any atom is -0.478 e. The number of morpholine rings is 1. The summed E-state index contributed by atoms with van der Waals surface area (Å²) >= 11 is 0. The normalized spacial score (nSPS) is 23.4. The van der Waals surface area contributed by atoms with E-state index in [1.54, 1.807) is 12.1 Å². The number of aromatic carboxylic acids is 1. The van der Waals surface area contributed by atoms with Gasteiger partial charge in [0.15, 0.2) is 0 Å². The fourth-order valence-corrected chi connectivity index (χ4v) is 2.67. The largest absolute Gasteiger partial charge is 0.478 e. The monoisotopic (exact) mass is 263 g/mol. The third-order valence-electron chi connectivity index (χ3n) is 3.69. The van der Waals surface area contributed by atoms with Crippen LogP contribution in [-0.2, 0) is 4.74 Å². The highest BCUT2D eigenvalue weighted by Crippen LogP contribution is 2.30. The van der Waals surface area contributed by atoms with Crippen LogP contribution in [0.3, 0.4) is 0 Å². The van der Waals surface area contributed by atoms with Gasteiger partial charge in [0, 0.05) is 6.54 Å². The maximum atomic E-state index is 11.4. The lowest BCUT2D eigenvalue weighted by atomic mass is 10.0. The zero-order valence-corrected chi connectivity index (χ0v) is 11.7. The topological polar surface area (TPSA) is 49.8 Å². The third kappa shape index (κ3) is 2.73. The van der Waals surface area contributed by atoms with E-state index in [9.17, 15) is 9.90 Å². The van der Waals surface area contributed by atoms with Crippen molar-refractivity contribution in [2.24, 2.45) is 0 Å². The standard InChI is InChI=1S/C15H21NO3/c1-4-12-9-19-11(3)8-16(12)14-10(2)6-5-7-13(14)15(17)18/h5-7,11-12H,4,8-9H2,1-3H3,(H,17,18). The summed E-state index contributed by atoms with van der Waals surface area (Å²) in [6.07, 6.45) is 1.07. The molecule has 1 aromatic rings. The van der Waals surface area contributed by atoms with Crippen LogP contribution in [0.4, 0.5) is 5.69 Å². The summed E-state index contributed by atoms with van der Waals surface area (Å²) in [7, 11) is 0. The zero-order valence-electron chi connectivity index (χ0n) is 11.7. The van der Waals surface area contributed by atoms with Gasteiger partial charge in [-0.1, -0.05) is 19.1 Å². The lowest BCUT2D eigenvalue weighted by Crippen LogP contribution is -2.49. The predicted octanol–water partition coefficient (Wildman–Crippen LogP) is 2.70. The van der Waals surface area contributed by atoms with E-state index in [4.69, 9.17) is 4.74 Å². The first-order valence-corrected chi connectivity index (χ1v) is 6.75. The molecule has 1 heterocycles. The number of carbonyl (C=O) groups is 1. The average molecular weight is 263 g/mol. The molecular formula is C15H21NO3. The summed E-state index contributed by atoms with van der Waals surface area (Å²) in [6, 6.07) is 5.69. The summed E-state index contributed by atoms with van der Waals surface area (Å²) < 4.78 is 5.68. The fraction of sp³-hybridized carbons (Fsp3) is 0.533. The maximum Gasteiger partial charge on any atom is 0.337 e. The molecule has 2 atom stereocenters. The van der Waals surface area contributed by atoms with Gasteiger partial charge in [-0.2, -0.15) is 0 Å². The minimum absolute atomic E-state index is 0.129. The molecule has 0 saturated carbocycles. The minimum atomic E-state index is -0.868. The van der Waals surface area contributed by atoms with Crippen LogP contribution < -0.4 is 4.90 Å². The number of ether oxygens (including phenoxy) is 1. The maximum absolute atomic E-state index is 11.4. The second-order valence-electron chi connectivity index (χ2n) is 5.13. The molecule has 1 aromatic carbocycles. The van der Waals surface area contributed by atoms with E-state index in [2.05, 4.69) is 11.8 Å². The average Bonchev–Trinajstić information content (AvgIpc) is 2.38. The molecule has 19 heavy (non-hydrogen) atoms. The van der Waals surface area contributed by atoms with Crippen LogP contribution in [0.2, 0.25) is 0 Å². The van der Waals surface area contributed by atoms with Crippen molar-refractivity contribution >= 4 is 11.7 Å². The Morgan fingerprint density at radius 2 is 2.26 bits per heavy atom. The lowest BCUT2D eigenvalue weighted by molar-refractivity contribution is 0.0297. The van der Waals surface area contributed by atoms with Crippen molar-refractivity contribution in [2.75, 3.05) is 18.1 Å². The molecule has 0 bridgehead atoms. The summed E-state index contributed by atoms with van der Waals surface area (Å²) in [4.78, 5) is 13.6. The number of aryl methyl sites for hydroxylation is 1. The first kappa shape index (κ1) is 13.9. The van der Waals surface area contributed by atoms with E-state index >= 15 is 0 Å². The molecule has 104 valence electrons. The Morgan fingerprint density at radius 3 is 2.89 bits per heavy atom. The van der Waals surface area contributed by atoms with Crippen molar-refractivity contribution < 1.29 is 14.6 Å². The summed E-state index contributed by atoms with van der Waals surface area (Å²) in [6.45, 7) is 7.50. The van der Waals surface area contributed by atoms with Crippen LogP contribution in [0.25, 0.3) is 0 Å². The van der Waals surface area contributed by atoms with E-state index in [-0.39, 0.29) is 12.1 Å². The molecule has 1 aliphatic rings. The molecule has 1 aliphatic heterocycles. The van der Waals surface area contributed by atoms with Crippen LogP contribution in [0.1, 0.15) is 36.2 Å². The molecule has 4 heteroatoms. The summed E-state index contributed by atoms with van der Waals surface area (Å²) in [5.74, 6) is -0.868. The predicted molar refractivity (Wildman–Crippen MR) is 75.0 cm³/mol. The number of benzene rings is 1. The van der Waals surface area contributed by atoms with Crippen molar-refractivity contribution in [3.8, 4) is 0 Å². The Balaban J connectivity index is 2.46. The second kappa shape index (κ2) is 5.61. The van der Waals surface area contributed by atoms with Crippen LogP contribution >= 0.6 is 0 Å². The molecule has 2 unspecified atom stereocenters. The summed E-state index contributed by atoms with van der Waals surface area (Å²) in [5, 5.41) is 9.39. The number of carboxylic acids is 1. The van der Waals surface area contributed by atoms with Gasteiger partial charge in [-0.05, 0) is 31.9 Å². The molecule has 1 fully saturated rings. The Hall–Kier alpha value is -1.55. The molecule has 0 aromatic heterocycles. The fourth-order valence-electron chi connectivity index (χ4n) is 2.67. The smallest absolute Gasteiger partial charge is 0.337 e. The first-order valence-electron chi connectivity index (χ1n) is 6.75. The molecule has 0 aliphatic carbocycles. The van der Waals surface area contributed by atoms with Gasteiger partial charge in [0.1, 0.15) is 0 Å². The third-order valence-corrected chi connectivity index (χ3v) is 3.69. The number of nitrogens with zero attached hydrogens (tertiary/aromatic N) is 1. The Bertz CT molecular complexity index is 472. The Kier molecular flexibility index (Phi) is 4.10. The van der Waals surface area contributed by atoms with E-state index in [1.807, 2.05) is 19.9 Å². The first-order chi connectivity index (χ1) is 9.04. The number of hydrogen-bond donors (Lipinski definition) is 1. The van der Waals surface area contributed by atoms with Crippen molar-refractivity contribution in [1.29, 1.82) is 0 Å². The molecule has 0 radical (unpaired) electrons. The lowest BCUT2D eigenvalue weighted by Gasteiger charge is -2.41. The Labute approximate surface area is 114 Å².